The van der Waals surface area contributed by atoms with E-state index in [-0.39, 0.29) is 0 Å². The highest BCUT2D eigenvalue weighted by atomic mass is 16.5. The van der Waals surface area contributed by atoms with Crippen LogP contribution in [0, 0.1) is 18.3 Å². The maximum atomic E-state index is 5.79. The van der Waals surface area contributed by atoms with E-state index in [2.05, 4.69) is 45.1 Å². The molecule has 0 saturated heterocycles. The molecule has 0 heterocycles. The lowest BCUT2D eigenvalue weighted by Gasteiger charge is -2.39. The molecule has 1 aromatic carbocycles. The fraction of sp³-hybridized carbons (Fsp3) is 0.667. The molecule has 0 aliphatic heterocycles. The maximum Gasteiger partial charge on any atom is 0.119 e. The number of nitrogens with one attached hydrogen (secondary N) is 1. The van der Waals surface area contributed by atoms with E-state index in [4.69, 9.17) is 4.74 Å². The second-order valence-corrected chi connectivity index (χ2v) is 7.11. The first-order valence-corrected chi connectivity index (χ1v) is 7.89. The van der Waals surface area contributed by atoms with Gasteiger partial charge in [0.05, 0.1) is 0 Å². The number of ether oxygens (including phenoxy) is 1. The van der Waals surface area contributed by atoms with Crippen molar-refractivity contribution in [1.29, 1.82) is 0 Å². The minimum Gasteiger partial charge on any atom is -0.492 e. The lowest BCUT2D eigenvalue weighted by Crippen LogP contribution is -2.43. The van der Waals surface area contributed by atoms with Gasteiger partial charge in [-0.15, -0.1) is 0 Å². The third-order valence-corrected chi connectivity index (χ3v) is 4.46. The van der Waals surface area contributed by atoms with Crippen molar-refractivity contribution in [3.63, 3.8) is 0 Å². The maximum absolute atomic E-state index is 5.79. The Bertz CT molecular complexity index is 427. The molecule has 1 aliphatic rings. The normalized spacial score (nSPS) is 25.4. The van der Waals surface area contributed by atoms with Crippen molar-refractivity contribution in [3.05, 3.63) is 29.8 Å². The lowest BCUT2D eigenvalue weighted by atomic mass is 9.70. The quantitative estimate of drug-likeness (QED) is 0.814. The van der Waals surface area contributed by atoms with Gasteiger partial charge in [-0.3, -0.25) is 0 Å². The molecule has 2 nitrogen and oxygen atoms in total. The van der Waals surface area contributed by atoms with E-state index >= 15 is 0 Å². The molecule has 20 heavy (non-hydrogen) atoms. The van der Waals surface area contributed by atoms with Crippen LogP contribution in [-0.4, -0.2) is 19.2 Å². The molecule has 1 aliphatic carbocycles. The zero-order chi connectivity index (χ0) is 14.6. The van der Waals surface area contributed by atoms with E-state index < -0.39 is 0 Å². The fourth-order valence-corrected chi connectivity index (χ4v) is 3.37. The highest BCUT2D eigenvalue weighted by Gasteiger charge is 2.31. The molecule has 2 heteroatoms. The van der Waals surface area contributed by atoms with Crippen LogP contribution in [-0.2, 0) is 0 Å². The average molecular weight is 275 g/mol. The molecule has 1 N–H and O–H groups in total. The van der Waals surface area contributed by atoms with Crippen LogP contribution in [0.15, 0.2) is 24.3 Å². The van der Waals surface area contributed by atoms with Gasteiger partial charge in [0.15, 0.2) is 0 Å². The van der Waals surface area contributed by atoms with Crippen molar-refractivity contribution in [2.24, 2.45) is 11.3 Å². The Morgan fingerprint density at radius 2 is 2.15 bits per heavy atom. The van der Waals surface area contributed by atoms with Gasteiger partial charge in [-0.05, 0) is 55.2 Å². The van der Waals surface area contributed by atoms with Crippen molar-refractivity contribution < 1.29 is 4.74 Å². The Hall–Kier alpha value is -1.02. The van der Waals surface area contributed by atoms with Gasteiger partial charge in [0, 0.05) is 12.6 Å². The van der Waals surface area contributed by atoms with Gasteiger partial charge in [0.2, 0.25) is 0 Å². The zero-order valence-corrected chi connectivity index (χ0v) is 13.4. The third-order valence-electron chi connectivity index (χ3n) is 4.46. The first kappa shape index (κ1) is 15.4. The van der Waals surface area contributed by atoms with Crippen LogP contribution < -0.4 is 10.1 Å². The molecule has 1 fully saturated rings. The van der Waals surface area contributed by atoms with Gasteiger partial charge >= 0.3 is 0 Å². The van der Waals surface area contributed by atoms with Gasteiger partial charge < -0.3 is 10.1 Å². The summed E-state index contributed by atoms with van der Waals surface area (Å²) in [5.41, 5.74) is 1.77. The largest absolute Gasteiger partial charge is 0.492 e. The van der Waals surface area contributed by atoms with Gasteiger partial charge in [-0.2, -0.15) is 0 Å². The minimum atomic E-state index is 0.523. The van der Waals surface area contributed by atoms with E-state index in [9.17, 15) is 0 Å². The van der Waals surface area contributed by atoms with Crippen LogP contribution in [0.3, 0.4) is 0 Å². The molecule has 0 aromatic heterocycles. The van der Waals surface area contributed by atoms with Crippen LogP contribution in [0.25, 0.3) is 0 Å². The number of rotatable bonds is 5. The summed E-state index contributed by atoms with van der Waals surface area (Å²) in [4.78, 5) is 0. The summed E-state index contributed by atoms with van der Waals surface area (Å²) in [7, 11) is 0. The third kappa shape index (κ3) is 4.52. The Balaban J connectivity index is 1.69. The van der Waals surface area contributed by atoms with Crippen molar-refractivity contribution in [2.45, 2.75) is 53.0 Å². The molecule has 112 valence electrons. The van der Waals surface area contributed by atoms with E-state index in [0.29, 0.717) is 11.5 Å². The molecule has 1 saturated carbocycles. The summed E-state index contributed by atoms with van der Waals surface area (Å²) in [5, 5.41) is 3.67. The molecule has 0 spiro atoms. The number of hydrogen-bond acceptors (Lipinski definition) is 2. The monoisotopic (exact) mass is 275 g/mol. The molecule has 2 atom stereocenters. The van der Waals surface area contributed by atoms with Crippen molar-refractivity contribution in [3.8, 4) is 5.75 Å². The number of benzene rings is 1. The zero-order valence-electron chi connectivity index (χ0n) is 13.4. The molecule has 0 bridgehead atoms. The Kier molecular flexibility index (Phi) is 5.09. The molecule has 2 rings (SSSR count). The summed E-state index contributed by atoms with van der Waals surface area (Å²) in [6.07, 6.45) is 3.94. The van der Waals surface area contributed by atoms with Crippen molar-refractivity contribution >= 4 is 0 Å². The van der Waals surface area contributed by atoms with Crippen LogP contribution in [0.2, 0.25) is 0 Å². The first-order chi connectivity index (χ1) is 9.46. The SMILES string of the molecule is Cc1cccc(OCCNC2CCC(C)(C)CC2C)c1. The van der Waals surface area contributed by atoms with Gasteiger partial charge in [0.1, 0.15) is 12.4 Å². The molecule has 1 aromatic rings. The van der Waals surface area contributed by atoms with Gasteiger partial charge in [-0.1, -0.05) is 32.9 Å². The van der Waals surface area contributed by atoms with Crippen molar-refractivity contribution in [1.82, 2.24) is 5.32 Å². The van der Waals surface area contributed by atoms with E-state index in [1.54, 1.807) is 0 Å². The summed E-state index contributed by atoms with van der Waals surface area (Å²) >= 11 is 0. The Morgan fingerprint density at radius 3 is 2.85 bits per heavy atom. The van der Waals surface area contributed by atoms with E-state index in [0.717, 1.165) is 24.8 Å². The summed E-state index contributed by atoms with van der Waals surface area (Å²) in [6.45, 7) is 10.9. The van der Waals surface area contributed by atoms with E-state index in [1.807, 2.05) is 12.1 Å². The topological polar surface area (TPSA) is 21.3 Å². The van der Waals surface area contributed by atoms with Crippen molar-refractivity contribution in [2.75, 3.05) is 13.2 Å². The average Bonchev–Trinajstić information content (AvgIpc) is 2.36. The highest BCUT2D eigenvalue weighted by Crippen LogP contribution is 2.38. The predicted molar refractivity (Wildman–Crippen MR) is 85.3 cm³/mol. The molecule has 0 amide bonds. The molecule has 0 radical (unpaired) electrons. The van der Waals surface area contributed by atoms with Crippen LogP contribution in [0.4, 0.5) is 0 Å². The Labute approximate surface area is 123 Å². The van der Waals surface area contributed by atoms with Gasteiger partial charge in [-0.25, -0.2) is 0 Å². The second kappa shape index (κ2) is 6.62. The Morgan fingerprint density at radius 1 is 1.35 bits per heavy atom. The number of hydrogen-bond donors (Lipinski definition) is 1. The minimum absolute atomic E-state index is 0.523. The summed E-state index contributed by atoms with van der Waals surface area (Å²) < 4.78 is 5.79. The lowest BCUT2D eigenvalue weighted by molar-refractivity contribution is 0.145. The van der Waals surface area contributed by atoms with Crippen LogP contribution in [0.1, 0.15) is 45.6 Å². The van der Waals surface area contributed by atoms with Crippen LogP contribution >= 0.6 is 0 Å². The smallest absolute Gasteiger partial charge is 0.119 e. The predicted octanol–water partition coefficient (Wildman–Crippen LogP) is 4.18. The van der Waals surface area contributed by atoms with Crippen LogP contribution in [0.5, 0.6) is 5.75 Å². The first-order valence-electron chi connectivity index (χ1n) is 7.89. The van der Waals surface area contributed by atoms with Gasteiger partial charge in [0.25, 0.3) is 0 Å². The van der Waals surface area contributed by atoms with E-state index in [1.165, 1.54) is 24.8 Å². The fourth-order valence-electron chi connectivity index (χ4n) is 3.37. The second-order valence-electron chi connectivity index (χ2n) is 7.11. The molecule has 2 unspecified atom stereocenters. The summed E-state index contributed by atoms with van der Waals surface area (Å²) in [5.74, 6) is 1.74. The molecular formula is C18H29NO. The summed E-state index contributed by atoms with van der Waals surface area (Å²) in [6, 6.07) is 8.91. The standard InChI is InChI=1S/C18H29NO/c1-14-6-5-7-16(12-14)20-11-10-19-17-8-9-18(3,4)13-15(17)2/h5-7,12,15,17,19H,8-11,13H2,1-4H3. The number of aryl methyl sites for hydroxylation is 1. The highest BCUT2D eigenvalue weighted by molar-refractivity contribution is 5.27. The molecular weight excluding hydrogens is 246 g/mol.